The SMILES string of the molecule is CCCCCCCCCCCCCN1C(=O)c2ccc3c4cccc5cccc(c54)c4c5c(=O)n(CCCCCCCCCCCCC)c(=O)c5c(c2c34)C1=O. The molecule has 0 atom stereocenters. The number of aromatic nitrogens is 1. The van der Waals surface area contributed by atoms with Crippen LogP contribution in [0.4, 0.5) is 0 Å². The predicted molar refractivity (Wildman–Crippen MR) is 235 cm³/mol. The zero-order valence-electron chi connectivity index (χ0n) is 34.1. The average molecular weight is 755 g/mol. The summed E-state index contributed by atoms with van der Waals surface area (Å²) in [5.41, 5.74) is -0.0322. The van der Waals surface area contributed by atoms with Crippen LogP contribution in [0.25, 0.3) is 53.9 Å². The lowest BCUT2D eigenvalue weighted by molar-refractivity contribution is 0.0609. The van der Waals surface area contributed by atoms with E-state index in [0.717, 1.165) is 77.3 Å². The second-order valence-electron chi connectivity index (χ2n) is 16.7. The van der Waals surface area contributed by atoms with Crippen LogP contribution in [0, 0.1) is 0 Å². The molecule has 7 rings (SSSR count). The van der Waals surface area contributed by atoms with Crippen LogP contribution in [0.3, 0.4) is 0 Å². The van der Waals surface area contributed by atoms with Crippen LogP contribution in [0.5, 0.6) is 0 Å². The van der Waals surface area contributed by atoms with Gasteiger partial charge in [-0.25, -0.2) is 0 Å². The van der Waals surface area contributed by atoms with Gasteiger partial charge in [0.2, 0.25) is 0 Å². The summed E-state index contributed by atoms with van der Waals surface area (Å²) in [5.74, 6) is -0.747. The number of rotatable bonds is 24. The standard InChI is InChI=1S/C50H62N2O4/c1-3-5-7-9-11-13-15-17-19-21-23-33-51-47(53)39-32-31-37-36-29-25-27-35-28-26-30-38(40(35)36)42-41(37)43(39)45(48(51)54)46-44(42)49(55)52(50(46)56)34-24-22-20-18-16-14-12-10-8-6-4-2/h25-32H,3-24,33-34H2,1-2H3. The topological polar surface area (TPSA) is 76.5 Å². The van der Waals surface area contributed by atoms with E-state index in [4.69, 9.17) is 0 Å². The van der Waals surface area contributed by atoms with Crippen molar-refractivity contribution in [2.24, 2.45) is 0 Å². The number of imide groups is 1. The highest BCUT2D eigenvalue weighted by molar-refractivity contribution is 6.44. The molecule has 1 aliphatic heterocycles. The van der Waals surface area contributed by atoms with Gasteiger partial charge in [-0.3, -0.25) is 28.6 Å². The van der Waals surface area contributed by atoms with Crippen LogP contribution in [0.15, 0.2) is 58.1 Å². The minimum Gasteiger partial charge on any atom is -0.274 e. The second kappa shape index (κ2) is 18.7. The van der Waals surface area contributed by atoms with E-state index < -0.39 is 11.5 Å². The molecule has 56 heavy (non-hydrogen) atoms. The lowest BCUT2D eigenvalue weighted by Gasteiger charge is -2.29. The van der Waals surface area contributed by atoms with Gasteiger partial charge < -0.3 is 0 Å². The van der Waals surface area contributed by atoms with Crippen molar-refractivity contribution in [3.8, 4) is 0 Å². The van der Waals surface area contributed by atoms with Crippen molar-refractivity contribution in [1.82, 2.24) is 9.47 Å². The van der Waals surface area contributed by atoms with E-state index in [1.165, 1.54) is 106 Å². The molecule has 0 saturated carbocycles. The van der Waals surface area contributed by atoms with Crippen molar-refractivity contribution in [1.29, 1.82) is 0 Å². The Kier molecular flexibility index (Phi) is 13.4. The van der Waals surface area contributed by atoms with E-state index in [9.17, 15) is 19.2 Å². The molecule has 0 bridgehead atoms. The molecular weight excluding hydrogens is 693 g/mol. The minimum atomic E-state index is -0.440. The summed E-state index contributed by atoms with van der Waals surface area (Å²) in [6.45, 7) is 5.13. The molecular formula is C50H62N2O4. The van der Waals surface area contributed by atoms with Gasteiger partial charge in [-0.1, -0.05) is 185 Å². The molecule has 1 aliphatic rings. The Morgan fingerprint density at radius 3 is 1.43 bits per heavy atom. The van der Waals surface area contributed by atoms with Gasteiger partial charge in [-0.05, 0) is 51.2 Å². The van der Waals surface area contributed by atoms with Gasteiger partial charge in [0.15, 0.2) is 0 Å². The lowest BCUT2D eigenvalue weighted by atomic mass is 9.82. The van der Waals surface area contributed by atoms with Crippen LogP contribution in [-0.4, -0.2) is 27.8 Å². The quantitative estimate of drug-likeness (QED) is 0.0267. The molecule has 2 amide bonds. The van der Waals surface area contributed by atoms with Crippen LogP contribution in [0.1, 0.15) is 176 Å². The van der Waals surface area contributed by atoms with Gasteiger partial charge in [-0.2, -0.15) is 0 Å². The zero-order valence-corrected chi connectivity index (χ0v) is 34.1. The first kappa shape index (κ1) is 39.9. The van der Waals surface area contributed by atoms with E-state index in [-0.39, 0.29) is 22.4 Å². The predicted octanol–water partition coefficient (Wildman–Crippen LogP) is 13.1. The fourth-order valence-corrected chi connectivity index (χ4v) is 9.72. The molecule has 6 nitrogen and oxygen atoms in total. The Morgan fingerprint density at radius 1 is 0.393 bits per heavy atom. The summed E-state index contributed by atoms with van der Waals surface area (Å²) in [6, 6.07) is 16.1. The number of carbonyl (C=O) groups excluding carboxylic acids is 2. The first-order valence-corrected chi connectivity index (χ1v) is 22.4. The van der Waals surface area contributed by atoms with Gasteiger partial charge in [-0.15, -0.1) is 0 Å². The summed E-state index contributed by atoms with van der Waals surface area (Å²) >= 11 is 0. The Morgan fingerprint density at radius 2 is 0.857 bits per heavy atom. The fraction of sp³-hybridized carbons (Fsp3) is 0.520. The normalized spacial score (nSPS) is 13.3. The number of carbonyl (C=O) groups is 2. The van der Waals surface area contributed by atoms with Gasteiger partial charge >= 0.3 is 0 Å². The Bertz CT molecular complexity index is 2400. The maximum Gasteiger partial charge on any atom is 0.262 e. The van der Waals surface area contributed by atoms with Gasteiger partial charge in [0, 0.05) is 29.4 Å². The first-order valence-electron chi connectivity index (χ1n) is 22.4. The van der Waals surface area contributed by atoms with E-state index >= 15 is 0 Å². The van der Waals surface area contributed by atoms with Gasteiger partial charge in [0.25, 0.3) is 22.9 Å². The lowest BCUT2D eigenvalue weighted by Crippen LogP contribution is -2.41. The summed E-state index contributed by atoms with van der Waals surface area (Å²) in [5, 5.41) is 7.37. The van der Waals surface area contributed by atoms with Gasteiger partial charge in [0.05, 0.1) is 16.3 Å². The zero-order chi connectivity index (χ0) is 39.0. The second-order valence-corrected chi connectivity index (χ2v) is 16.7. The minimum absolute atomic E-state index is 0.191. The number of benzene rings is 5. The number of unbranched alkanes of at least 4 members (excludes halogenated alkanes) is 20. The molecule has 0 N–H and O–H groups in total. The maximum atomic E-state index is 14.7. The van der Waals surface area contributed by atoms with Gasteiger partial charge in [0.1, 0.15) is 0 Å². The molecule has 1 aromatic heterocycles. The number of hydrogen-bond acceptors (Lipinski definition) is 4. The Balaban J connectivity index is 1.18. The molecule has 5 aromatic carbocycles. The summed E-state index contributed by atoms with van der Waals surface area (Å²) < 4.78 is 1.39. The molecule has 0 unspecified atom stereocenters. The highest BCUT2D eigenvalue weighted by Crippen LogP contribution is 2.46. The van der Waals surface area contributed by atoms with E-state index in [2.05, 4.69) is 32.0 Å². The van der Waals surface area contributed by atoms with Crippen molar-refractivity contribution in [3.63, 3.8) is 0 Å². The molecule has 0 radical (unpaired) electrons. The van der Waals surface area contributed by atoms with Crippen LogP contribution >= 0.6 is 0 Å². The molecule has 2 heterocycles. The van der Waals surface area contributed by atoms with E-state index in [1.54, 1.807) is 0 Å². The smallest absolute Gasteiger partial charge is 0.262 e. The van der Waals surface area contributed by atoms with Crippen LogP contribution in [-0.2, 0) is 6.54 Å². The monoisotopic (exact) mass is 754 g/mol. The van der Waals surface area contributed by atoms with Crippen molar-refractivity contribution < 1.29 is 9.59 Å². The van der Waals surface area contributed by atoms with Crippen molar-refractivity contribution in [3.05, 3.63) is 80.4 Å². The fourth-order valence-electron chi connectivity index (χ4n) is 9.72. The Labute approximate surface area is 332 Å². The van der Waals surface area contributed by atoms with Crippen LogP contribution < -0.4 is 11.1 Å². The molecule has 296 valence electrons. The van der Waals surface area contributed by atoms with E-state index in [1.807, 2.05) is 30.3 Å². The number of hydrogen-bond donors (Lipinski definition) is 0. The third-order valence-electron chi connectivity index (χ3n) is 12.7. The summed E-state index contributed by atoms with van der Waals surface area (Å²) in [6.07, 6.45) is 25.9. The highest BCUT2D eigenvalue weighted by Gasteiger charge is 2.38. The van der Waals surface area contributed by atoms with E-state index in [0.29, 0.717) is 34.8 Å². The summed E-state index contributed by atoms with van der Waals surface area (Å²) in [4.78, 5) is 59.5. The molecule has 6 aromatic rings. The molecule has 0 spiro atoms. The number of fused-ring (bicyclic) bond motifs is 5. The van der Waals surface area contributed by atoms with Crippen LogP contribution in [0.2, 0.25) is 0 Å². The molecule has 0 saturated heterocycles. The molecule has 0 fully saturated rings. The summed E-state index contributed by atoms with van der Waals surface area (Å²) in [7, 11) is 0. The van der Waals surface area contributed by atoms with Crippen molar-refractivity contribution in [2.75, 3.05) is 6.54 Å². The maximum absolute atomic E-state index is 14.7. The van der Waals surface area contributed by atoms with Crippen molar-refractivity contribution in [2.45, 2.75) is 162 Å². The Hall–Kier alpha value is -4.32. The number of amides is 2. The largest absolute Gasteiger partial charge is 0.274 e. The third-order valence-corrected chi connectivity index (χ3v) is 12.7. The average Bonchev–Trinajstić information content (AvgIpc) is 3.45. The third kappa shape index (κ3) is 7.82. The molecule has 6 heteroatoms. The molecule has 0 aliphatic carbocycles. The highest BCUT2D eigenvalue weighted by atomic mass is 16.2. The van der Waals surface area contributed by atoms with Crippen molar-refractivity contribution >= 4 is 65.7 Å². The number of nitrogens with zero attached hydrogens (tertiary/aromatic N) is 2. The first-order chi connectivity index (χ1) is 27.5.